The van der Waals surface area contributed by atoms with E-state index in [1.54, 1.807) is 12.1 Å². The quantitative estimate of drug-likeness (QED) is 0.866. The number of nitrogens with one attached hydrogen (secondary N) is 1. The fourth-order valence-corrected chi connectivity index (χ4v) is 2.01. The van der Waals surface area contributed by atoms with Gasteiger partial charge in [0, 0.05) is 12.3 Å². The lowest BCUT2D eigenvalue weighted by molar-refractivity contribution is 0.0939. The third-order valence-electron chi connectivity index (χ3n) is 2.38. The van der Waals surface area contributed by atoms with Gasteiger partial charge in [0.15, 0.2) is 0 Å². The molecule has 1 amide bonds. The lowest BCUT2D eigenvalue weighted by atomic mass is 10.2. The largest absolute Gasteiger partial charge is 0.481 e. The zero-order valence-corrected chi connectivity index (χ0v) is 11.3. The Morgan fingerprint density at radius 1 is 1.47 bits per heavy atom. The van der Waals surface area contributed by atoms with E-state index < -0.39 is 0 Å². The number of hydrogen-bond donors (Lipinski definition) is 2. The number of nitrogen functional groups attached to an aromatic ring is 1. The van der Waals surface area contributed by atoms with Crippen LogP contribution in [0.4, 0.5) is 5.13 Å². The molecule has 0 aliphatic heterocycles. The van der Waals surface area contributed by atoms with Crippen molar-refractivity contribution in [3.05, 3.63) is 28.9 Å². The molecule has 0 saturated heterocycles. The van der Waals surface area contributed by atoms with Crippen molar-refractivity contribution in [1.29, 1.82) is 0 Å². The van der Waals surface area contributed by atoms with E-state index in [1.165, 1.54) is 24.6 Å². The highest BCUT2D eigenvalue weighted by Gasteiger charge is 2.15. The van der Waals surface area contributed by atoms with E-state index >= 15 is 0 Å². The number of methoxy groups -OCH3 is 1. The summed E-state index contributed by atoms with van der Waals surface area (Å²) in [6.07, 6.45) is 1.45. The first-order valence-electron chi connectivity index (χ1n) is 5.50. The van der Waals surface area contributed by atoms with E-state index in [9.17, 15) is 4.79 Å². The average Bonchev–Trinajstić information content (AvgIpc) is 2.85. The highest BCUT2D eigenvalue weighted by atomic mass is 32.1. The van der Waals surface area contributed by atoms with Gasteiger partial charge in [-0.3, -0.25) is 4.79 Å². The summed E-state index contributed by atoms with van der Waals surface area (Å²) in [5.41, 5.74) is 5.95. The molecule has 3 N–H and O–H groups in total. The van der Waals surface area contributed by atoms with Gasteiger partial charge in [-0.15, -0.1) is 10.2 Å². The van der Waals surface area contributed by atoms with E-state index in [2.05, 4.69) is 20.5 Å². The van der Waals surface area contributed by atoms with E-state index in [1.807, 2.05) is 6.92 Å². The van der Waals surface area contributed by atoms with Crippen LogP contribution in [0.15, 0.2) is 18.3 Å². The monoisotopic (exact) mass is 279 g/mol. The minimum Gasteiger partial charge on any atom is -0.481 e. The van der Waals surface area contributed by atoms with Crippen LogP contribution in [-0.2, 0) is 0 Å². The molecule has 100 valence electrons. The minimum absolute atomic E-state index is 0.239. The van der Waals surface area contributed by atoms with Crippen LogP contribution in [0.2, 0.25) is 0 Å². The number of aromatic nitrogens is 3. The summed E-state index contributed by atoms with van der Waals surface area (Å²) in [4.78, 5) is 15.9. The predicted octanol–water partition coefficient (Wildman–Crippen LogP) is 1.01. The first-order valence-corrected chi connectivity index (χ1v) is 6.31. The second-order valence-corrected chi connectivity index (χ2v) is 4.80. The Bertz CT molecular complexity index is 569. The lowest BCUT2D eigenvalue weighted by Crippen LogP contribution is -2.26. The summed E-state index contributed by atoms with van der Waals surface area (Å²) in [5, 5.41) is 11.4. The molecule has 0 aliphatic rings. The number of anilines is 1. The second kappa shape index (κ2) is 5.61. The summed E-state index contributed by atoms with van der Waals surface area (Å²) in [7, 11) is 1.52. The molecule has 7 nitrogen and oxygen atoms in total. The minimum atomic E-state index is -0.260. The molecule has 0 unspecified atom stereocenters. The normalized spacial score (nSPS) is 11.9. The van der Waals surface area contributed by atoms with E-state index in [0.29, 0.717) is 21.6 Å². The molecule has 0 saturated carbocycles. The van der Waals surface area contributed by atoms with Gasteiger partial charge in [0.2, 0.25) is 11.0 Å². The zero-order valence-electron chi connectivity index (χ0n) is 10.5. The third-order valence-corrected chi connectivity index (χ3v) is 3.32. The molecule has 0 fully saturated rings. The maximum Gasteiger partial charge on any atom is 0.253 e. The van der Waals surface area contributed by atoms with E-state index in [4.69, 9.17) is 10.5 Å². The number of rotatable bonds is 4. The van der Waals surface area contributed by atoms with Crippen LogP contribution in [0.1, 0.15) is 28.3 Å². The van der Waals surface area contributed by atoms with Crippen molar-refractivity contribution in [1.82, 2.24) is 20.5 Å². The molecule has 2 rings (SSSR count). The van der Waals surface area contributed by atoms with Gasteiger partial charge in [0.05, 0.1) is 18.7 Å². The van der Waals surface area contributed by atoms with E-state index in [0.717, 1.165) is 0 Å². The highest BCUT2D eigenvalue weighted by Crippen LogP contribution is 2.19. The van der Waals surface area contributed by atoms with Crippen LogP contribution in [0.3, 0.4) is 0 Å². The smallest absolute Gasteiger partial charge is 0.253 e. The molecule has 0 bridgehead atoms. The van der Waals surface area contributed by atoms with Crippen LogP contribution >= 0.6 is 11.3 Å². The number of ether oxygens (including phenoxy) is 1. The van der Waals surface area contributed by atoms with Gasteiger partial charge in [-0.25, -0.2) is 4.98 Å². The molecule has 0 spiro atoms. The fraction of sp³-hybridized carbons (Fsp3) is 0.273. The van der Waals surface area contributed by atoms with Crippen LogP contribution in [-0.4, -0.2) is 28.2 Å². The maximum absolute atomic E-state index is 12.0. The van der Waals surface area contributed by atoms with Crippen LogP contribution in [0, 0.1) is 0 Å². The summed E-state index contributed by atoms with van der Waals surface area (Å²) in [5.74, 6) is 0.220. The van der Waals surface area contributed by atoms with Gasteiger partial charge < -0.3 is 15.8 Å². The Morgan fingerprint density at radius 3 is 2.79 bits per heavy atom. The Morgan fingerprint density at radius 2 is 2.26 bits per heavy atom. The van der Waals surface area contributed by atoms with Crippen molar-refractivity contribution in [2.24, 2.45) is 0 Å². The molecular formula is C11H13N5O2S. The Balaban J connectivity index is 2.03. The highest BCUT2D eigenvalue weighted by molar-refractivity contribution is 7.15. The van der Waals surface area contributed by atoms with Crippen molar-refractivity contribution < 1.29 is 9.53 Å². The number of hydrogen-bond acceptors (Lipinski definition) is 7. The molecule has 2 aromatic heterocycles. The second-order valence-electron chi connectivity index (χ2n) is 3.76. The summed E-state index contributed by atoms with van der Waals surface area (Å²) < 4.78 is 4.93. The van der Waals surface area contributed by atoms with Gasteiger partial charge in [-0.1, -0.05) is 11.3 Å². The van der Waals surface area contributed by atoms with Gasteiger partial charge in [-0.05, 0) is 13.0 Å². The van der Waals surface area contributed by atoms with Crippen LogP contribution in [0.5, 0.6) is 5.88 Å². The number of nitrogens with two attached hydrogens (primary N) is 1. The van der Waals surface area contributed by atoms with Crippen LogP contribution in [0.25, 0.3) is 0 Å². The van der Waals surface area contributed by atoms with Crippen molar-refractivity contribution in [2.45, 2.75) is 13.0 Å². The first kappa shape index (κ1) is 13.2. The lowest BCUT2D eigenvalue weighted by Gasteiger charge is -2.10. The molecule has 2 heterocycles. The molecule has 0 radical (unpaired) electrons. The van der Waals surface area contributed by atoms with Crippen molar-refractivity contribution >= 4 is 22.4 Å². The predicted molar refractivity (Wildman–Crippen MR) is 71.0 cm³/mol. The van der Waals surface area contributed by atoms with Crippen molar-refractivity contribution in [3.63, 3.8) is 0 Å². The topological polar surface area (TPSA) is 103 Å². The summed E-state index contributed by atoms with van der Waals surface area (Å²) in [6, 6.07) is 3.01. The zero-order chi connectivity index (χ0) is 13.8. The molecule has 0 aliphatic carbocycles. The summed E-state index contributed by atoms with van der Waals surface area (Å²) in [6.45, 7) is 1.81. The van der Waals surface area contributed by atoms with Gasteiger partial charge in [-0.2, -0.15) is 0 Å². The van der Waals surface area contributed by atoms with Gasteiger partial charge in [0.25, 0.3) is 5.91 Å². The Kier molecular flexibility index (Phi) is 3.91. The molecule has 0 aromatic carbocycles. The standard InChI is InChI=1S/C11H13N5O2S/c1-6(10-15-16-11(12)19-10)14-9(17)7-3-4-8(18-2)13-5-7/h3-6H,1-2H3,(H2,12,16)(H,14,17)/t6-/m1/s1. The molecule has 1 atom stereocenters. The summed E-state index contributed by atoms with van der Waals surface area (Å²) >= 11 is 1.24. The van der Waals surface area contributed by atoms with Crippen molar-refractivity contribution in [3.8, 4) is 5.88 Å². The first-order chi connectivity index (χ1) is 9.10. The third kappa shape index (κ3) is 3.16. The number of nitrogens with zero attached hydrogens (tertiary/aromatic N) is 3. The molecule has 19 heavy (non-hydrogen) atoms. The van der Waals surface area contributed by atoms with Gasteiger partial charge in [0.1, 0.15) is 5.01 Å². The maximum atomic E-state index is 12.0. The Labute approximate surface area is 113 Å². The number of amides is 1. The molecule has 2 aromatic rings. The number of pyridine rings is 1. The Hall–Kier alpha value is -2.22. The molecule has 8 heteroatoms. The number of carbonyl (C=O) groups is 1. The van der Waals surface area contributed by atoms with E-state index in [-0.39, 0.29) is 11.9 Å². The SMILES string of the molecule is COc1ccc(C(=O)N[C@H](C)c2nnc(N)s2)cn1. The average molecular weight is 279 g/mol. The van der Waals surface area contributed by atoms with Crippen LogP contribution < -0.4 is 15.8 Å². The van der Waals surface area contributed by atoms with Gasteiger partial charge >= 0.3 is 0 Å². The molecular weight excluding hydrogens is 266 g/mol. The fourth-order valence-electron chi connectivity index (χ4n) is 1.40. The number of carbonyl (C=O) groups excluding carboxylic acids is 1. The van der Waals surface area contributed by atoms with Crippen molar-refractivity contribution in [2.75, 3.05) is 12.8 Å².